The normalized spacial score (nSPS) is 18.0. The molecule has 2 aromatic heterocycles. The first-order valence-electron chi connectivity index (χ1n) is 8.79. The third-order valence-corrected chi connectivity index (χ3v) is 6.05. The van der Waals surface area contributed by atoms with Gasteiger partial charge in [-0.05, 0) is 37.1 Å². The standard InChI is InChI=1S/C19H19ClN4O2S/c20-13-5-3-11(4-6-13)14-10-27-19-16(14)18(26)22-15(23-19)9-24-7-1-2-12(8-24)17(21)25/h3-6,10,12H,1-2,7-9H2,(H2,21,25)(H,22,23,26)/t12-/m0/s1. The SMILES string of the molecule is NC(=O)[C@H]1CCCN(Cc2nc3scc(-c4ccc(Cl)cc4)c3c(=O)[nH]2)C1. The first-order valence-corrected chi connectivity index (χ1v) is 10.0. The summed E-state index contributed by atoms with van der Waals surface area (Å²) in [5.74, 6) is 0.219. The van der Waals surface area contributed by atoms with Crippen LogP contribution in [0.25, 0.3) is 21.3 Å². The molecule has 1 aliphatic heterocycles. The number of primary amides is 1. The Labute approximate surface area is 165 Å². The average molecular weight is 403 g/mol. The van der Waals surface area contributed by atoms with Gasteiger partial charge in [-0.25, -0.2) is 4.98 Å². The van der Waals surface area contributed by atoms with Crippen molar-refractivity contribution in [1.82, 2.24) is 14.9 Å². The van der Waals surface area contributed by atoms with Crippen molar-refractivity contribution in [3.05, 3.63) is 50.8 Å². The molecule has 8 heteroatoms. The minimum Gasteiger partial charge on any atom is -0.369 e. The summed E-state index contributed by atoms with van der Waals surface area (Å²) in [6, 6.07) is 7.41. The molecule has 27 heavy (non-hydrogen) atoms. The van der Waals surface area contributed by atoms with Gasteiger partial charge in [-0.2, -0.15) is 0 Å². The third kappa shape index (κ3) is 3.76. The molecule has 1 fully saturated rings. The number of thiophene rings is 1. The van der Waals surface area contributed by atoms with Crippen LogP contribution in [0.3, 0.4) is 0 Å². The van der Waals surface area contributed by atoms with E-state index in [4.69, 9.17) is 17.3 Å². The van der Waals surface area contributed by atoms with E-state index in [1.54, 1.807) is 0 Å². The van der Waals surface area contributed by atoms with Gasteiger partial charge in [0.25, 0.3) is 5.56 Å². The van der Waals surface area contributed by atoms with Crippen molar-refractivity contribution >= 4 is 39.1 Å². The van der Waals surface area contributed by atoms with Crippen LogP contribution in [0.1, 0.15) is 18.7 Å². The number of nitrogens with two attached hydrogens (primary N) is 1. The van der Waals surface area contributed by atoms with Gasteiger partial charge in [0.2, 0.25) is 5.91 Å². The molecule has 4 rings (SSSR count). The van der Waals surface area contributed by atoms with Crippen LogP contribution < -0.4 is 11.3 Å². The first kappa shape index (κ1) is 18.2. The van der Waals surface area contributed by atoms with Crippen LogP contribution in [0.15, 0.2) is 34.4 Å². The predicted molar refractivity (Wildman–Crippen MR) is 108 cm³/mol. The number of carbonyl (C=O) groups is 1. The van der Waals surface area contributed by atoms with Crippen molar-refractivity contribution < 1.29 is 4.79 Å². The summed E-state index contributed by atoms with van der Waals surface area (Å²) in [4.78, 5) is 34.6. The molecular formula is C19H19ClN4O2S. The van der Waals surface area contributed by atoms with Crippen LogP contribution in [0.4, 0.5) is 0 Å². The van der Waals surface area contributed by atoms with Gasteiger partial charge in [0.05, 0.1) is 17.8 Å². The van der Waals surface area contributed by atoms with Crippen LogP contribution >= 0.6 is 22.9 Å². The van der Waals surface area contributed by atoms with Crippen molar-refractivity contribution in [2.45, 2.75) is 19.4 Å². The average Bonchev–Trinajstić information content (AvgIpc) is 3.07. The van der Waals surface area contributed by atoms with E-state index in [9.17, 15) is 9.59 Å². The van der Waals surface area contributed by atoms with Gasteiger partial charge in [-0.1, -0.05) is 23.7 Å². The Kier molecular flexibility index (Phi) is 4.99. The van der Waals surface area contributed by atoms with Crippen LogP contribution in [-0.2, 0) is 11.3 Å². The molecule has 1 aromatic carbocycles. The van der Waals surface area contributed by atoms with E-state index >= 15 is 0 Å². The summed E-state index contributed by atoms with van der Waals surface area (Å²) in [6.07, 6.45) is 1.74. The van der Waals surface area contributed by atoms with Gasteiger partial charge in [0.1, 0.15) is 10.7 Å². The molecule has 1 saturated heterocycles. The summed E-state index contributed by atoms with van der Waals surface area (Å²) in [6.45, 7) is 1.98. The van der Waals surface area contributed by atoms with E-state index in [2.05, 4.69) is 14.9 Å². The molecule has 3 N–H and O–H groups in total. The number of halogens is 1. The van der Waals surface area contributed by atoms with Crippen molar-refractivity contribution in [3.63, 3.8) is 0 Å². The number of hydrogen-bond donors (Lipinski definition) is 2. The second-order valence-corrected chi connectivity index (χ2v) is 8.12. The molecule has 0 unspecified atom stereocenters. The Morgan fingerprint density at radius 1 is 1.37 bits per heavy atom. The smallest absolute Gasteiger partial charge is 0.260 e. The zero-order chi connectivity index (χ0) is 19.0. The largest absolute Gasteiger partial charge is 0.369 e. The maximum Gasteiger partial charge on any atom is 0.260 e. The highest BCUT2D eigenvalue weighted by Gasteiger charge is 2.24. The van der Waals surface area contributed by atoms with E-state index in [1.165, 1.54) is 11.3 Å². The zero-order valence-corrected chi connectivity index (χ0v) is 16.1. The lowest BCUT2D eigenvalue weighted by Crippen LogP contribution is -2.41. The van der Waals surface area contributed by atoms with Crippen LogP contribution in [0.5, 0.6) is 0 Å². The fraction of sp³-hybridized carbons (Fsp3) is 0.316. The molecular weight excluding hydrogens is 384 g/mol. The van der Waals surface area contributed by atoms with Crippen molar-refractivity contribution in [2.75, 3.05) is 13.1 Å². The minimum absolute atomic E-state index is 0.132. The molecule has 6 nitrogen and oxygen atoms in total. The number of rotatable bonds is 4. The summed E-state index contributed by atoms with van der Waals surface area (Å²) < 4.78 is 0. The molecule has 3 aromatic rings. The molecule has 0 bridgehead atoms. The number of benzene rings is 1. The molecule has 0 saturated carbocycles. The predicted octanol–water partition coefficient (Wildman–Crippen LogP) is 3.00. The molecule has 0 spiro atoms. The maximum atomic E-state index is 12.7. The second kappa shape index (κ2) is 7.42. The van der Waals surface area contributed by atoms with Crippen molar-refractivity contribution in [3.8, 4) is 11.1 Å². The molecule has 140 valence electrons. The van der Waals surface area contributed by atoms with Crippen molar-refractivity contribution in [1.29, 1.82) is 0 Å². The number of piperidine rings is 1. The Morgan fingerprint density at radius 3 is 2.89 bits per heavy atom. The number of carbonyl (C=O) groups excluding carboxylic acids is 1. The van der Waals surface area contributed by atoms with Gasteiger partial charge in [0.15, 0.2) is 0 Å². The summed E-state index contributed by atoms with van der Waals surface area (Å²) in [5.41, 5.74) is 7.09. The number of amides is 1. The van der Waals surface area contributed by atoms with E-state index in [0.717, 1.165) is 30.5 Å². The van der Waals surface area contributed by atoms with Gasteiger partial charge in [-0.3, -0.25) is 14.5 Å². The minimum atomic E-state index is -0.262. The lowest BCUT2D eigenvalue weighted by atomic mass is 9.97. The van der Waals surface area contributed by atoms with E-state index in [0.29, 0.717) is 34.2 Å². The quantitative estimate of drug-likeness (QED) is 0.701. The van der Waals surface area contributed by atoms with Crippen molar-refractivity contribution in [2.24, 2.45) is 11.7 Å². The number of nitrogens with zero attached hydrogens (tertiary/aromatic N) is 2. The van der Waals surface area contributed by atoms with Crippen LogP contribution in [0, 0.1) is 5.92 Å². The summed E-state index contributed by atoms with van der Waals surface area (Å²) in [7, 11) is 0. The van der Waals surface area contributed by atoms with Gasteiger partial charge < -0.3 is 10.7 Å². The summed E-state index contributed by atoms with van der Waals surface area (Å²) >= 11 is 7.41. The van der Waals surface area contributed by atoms with E-state index < -0.39 is 0 Å². The maximum absolute atomic E-state index is 12.7. The van der Waals surface area contributed by atoms with Gasteiger partial charge in [0, 0.05) is 22.5 Å². The highest BCUT2D eigenvalue weighted by atomic mass is 35.5. The molecule has 0 radical (unpaired) electrons. The number of aromatic nitrogens is 2. The molecule has 0 aliphatic carbocycles. The Bertz CT molecular complexity index is 1040. The zero-order valence-electron chi connectivity index (χ0n) is 14.6. The monoisotopic (exact) mass is 402 g/mol. The van der Waals surface area contributed by atoms with Gasteiger partial charge in [-0.15, -0.1) is 11.3 Å². The number of likely N-dealkylation sites (tertiary alicyclic amines) is 1. The van der Waals surface area contributed by atoms with Crippen LogP contribution in [0.2, 0.25) is 5.02 Å². The fourth-order valence-corrected chi connectivity index (χ4v) is 4.65. The molecule has 3 heterocycles. The Hall–Kier alpha value is -2.22. The molecule has 1 amide bonds. The lowest BCUT2D eigenvalue weighted by Gasteiger charge is -2.30. The fourth-order valence-electron chi connectivity index (χ4n) is 3.55. The Morgan fingerprint density at radius 2 is 2.15 bits per heavy atom. The Balaban J connectivity index is 1.62. The second-order valence-electron chi connectivity index (χ2n) is 6.83. The number of fused-ring (bicyclic) bond motifs is 1. The topological polar surface area (TPSA) is 92.1 Å². The molecule has 1 aliphatic rings. The van der Waals surface area contributed by atoms with Crippen LogP contribution in [-0.4, -0.2) is 33.9 Å². The number of hydrogen-bond acceptors (Lipinski definition) is 5. The highest BCUT2D eigenvalue weighted by molar-refractivity contribution is 7.17. The number of nitrogens with one attached hydrogen (secondary N) is 1. The third-order valence-electron chi connectivity index (χ3n) is 4.93. The van der Waals surface area contributed by atoms with E-state index in [1.807, 2.05) is 29.6 Å². The summed E-state index contributed by atoms with van der Waals surface area (Å²) in [5, 5.41) is 3.20. The first-order chi connectivity index (χ1) is 13.0. The highest BCUT2D eigenvalue weighted by Crippen LogP contribution is 2.31. The molecule has 1 atom stereocenters. The number of aromatic amines is 1. The lowest BCUT2D eigenvalue weighted by molar-refractivity contribution is -0.123. The van der Waals surface area contributed by atoms with E-state index in [-0.39, 0.29) is 17.4 Å². The van der Waals surface area contributed by atoms with Gasteiger partial charge >= 0.3 is 0 Å². The number of H-pyrrole nitrogens is 1.